The van der Waals surface area contributed by atoms with Crippen LogP contribution in [0.5, 0.6) is 0 Å². The molecule has 3 rings (SSSR count). The van der Waals surface area contributed by atoms with Gasteiger partial charge in [-0.15, -0.1) is 0 Å². The summed E-state index contributed by atoms with van der Waals surface area (Å²) in [6.45, 7) is 4.52. The Bertz CT molecular complexity index is 570. The van der Waals surface area contributed by atoms with Crippen molar-refractivity contribution in [2.45, 2.75) is 31.7 Å². The van der Waals surface area contributed by atoms with Crippen LogP contribution in [0.3, 0.4) is 0 Å². The molecule has 0 unspecified atom stereocenters. The fourth-order valence-corrected chi connectivity index (χ4v) is 4.85. The molecule has 0 radical (unpaired) electrons. The second-order valence-corrected chi connectivity index (χ2v) is 8.47. The van der Waals surface area contributed by atoms with Crippen molar-refractivity contribution in [1.29, 1.82) is 0 Å². The Hall–Kier alpha value is -1.04. The van der Waals surface area contributed by atoms with E-state index in [1.807, 2.05) is 11.2 Å². The number of likely N-dealkylation sites (tertiary alicyclic amines) is 1. The summed E-state index contributed by atoms with van der Waals surface area (Å²) in [6, 6.07) is 9.52. The van der Waals surface area contributed by atoms with Crippen molar-refractivity contribution in [3.63, 3.8) is 0 Å². The van der Waals surface area contributed by atoms with E-state index >= 15 is 0 Å². The van der Waals surface area contributed by atoms with Gasteiger partial charge in [0.2, 0.25) is 5.91 Å². The average molecular weight is 377 g/mol. The van der Waals surface area contributed by atoms with E-state index in [0.717, 1.165) is 13.1 Å². The maximum absolute atomic E-state index is 12.4. The molecule has 1 saturated heterocycles. The normalized spacial score (nSPS) is 20.9. The summed E-state index contributed by atoms with van der Waals surface area (Å²) in [4.78, 5) is 17.2. The third kappa shape index (κ3) is 5.02. The van der Waals surface area contributed by atoms with E-state index in [4.69, 9.17) is 4.74 Å². The zero-order valence-electron chi connectivity index (χ0n) is 16.2. The summed E-state index contributed by atoms with van der Waals surface area (Å²) in [6.07, 6.45) is 6.83. The minimum Gasteiger partial charge on any atom is -0.383 e. The van der Waals surface area contributed by atoms with Crippen molar-refractivity contribution in [2.24, 2.45) is 5.92 Å². The van der Waals surface area contributed by atoms with Gasteiger partial charge in [0.1, 0.15) is 0 Å². The molecular formula is C21H32N2O2S. The van der Waals surface area contributed by atoms with Crippen molar-refractivity contribution >= 4 is 17.7 Å². The van der Waals surface area contributed by atoms with Crippen LogP contribution in [0, 0.1) is 5.92 Å². The second kappa shape index (κ2) is 9.77. The molecule has 1 aromatic rings. The molecule has 1 atom stereocenters. The molecular weight excluding hydrogens is 344 g/mol. The number of fused-ring (bicyclic) bond motifs is 1. The van der Waals surface area contributed by atoms with Gasteiger partial charge in [0.15, 0.2) is 0 Å². The lowest BCUT2D eigenvalue weighted by molar-refractivity contribution is -0.130. The van der Waals surface area contributed by atoms with Crippen molar-refractivity contribution in [3.05, 3.63) is 35.4 Å². The summed E-state index contributed by atoms with van der Waals surface area (Å²) in [7, 11) is 1.71. The number of amides is 1. The van der Waals surface area contributed by atoms with Gasteiger partial charge in [0.05, 0.1) is 12.4 Å². The van der Waals surface area contributed by atoms with Gasteiger partial charge in [-0.25, -0.2) is 0 Å². The zero-order chi connectivity index (χ0) is 18.4. The topological polar surface area (TPSA) is 32.8 Å². The number of ether oxygens (including phenoxy) is 1. The number of hydrogen-bond donors (Lipinski definition) is 0. The Morgan fingerprint density at radius 2 is 2.04 bits per heavy atom. The quantitative estimate of drug-likeness (QED) is 0.698. The number of benzene rings is 1. The van der Waals surface area contributed by atoms with Gasteiger partial charge in [0.25, 0.3) is 0 Å². The van der Waals surface area contributed by atoms with Gasteiger partial charge >= 0.3 is 0 Å². The monoisotopic (exact) mass is 376 g/mol. The van der Waals surface area contributed by atoms with Crippen LogP contribution in [0.25, 0.3) is 0 Å². The summed E-state index contributed by atoms with van der Waals surface area (Å²) in [5.74, 6) is 1.40. The fraction of sp³-hybridized carbons (Fsp3) is 0.667. The van der Waals surface area contributed by atoms with E-state index in [2.05, 4.69) is 29.2 Å². The molecule has 0 spiro atoms. The lowest BCUT2D eigenvalue weighted by atomic mass is 9.95. The first-order valence-corrected chi connectivity index (χ1v) is 11.2. The third-order valence-corrected chi connectivity index (χ3v) is 6.30. The van der Waals surface area contributed by atoms with Crippen molar-refractivity contribution in [2.75, 3.05) is 51.9 Å². The molecule has 144 valence electrons. The summed E-state index contributed by atoms with van der Waals surface area (Å²) in [5, 5.41) is 0. The summed E-state index contributed by atoms with van der Waals surface area (Å²) >= 11 is 1.61. The highest BCUT2D eigenvalue weighted by Crippen LogP contribution is 2.29. The highest BCUT2D eigenvalue weighted by Gasteiger charge is 2.31. The first-order chi connectivity index (χ1) is 12.7. The number of carbonyl (C=O) groups is 1. The maximum Gasteiger partial charge on any atom is 0.232 e. The van der Waals surface area contributed by atoms with E-state index in [1.54, 1.807) is 18.9 Å². The van der Waals surface area contributed by atoms with Crippen molar-refractivity contribution in [1.82, 2.24) is 9.80 Å². The number of thioether (sulfide) groups is 1. The molecule has 1 fully saturated rings. The molecule has 26 heavy (non-hydrogen) atoms. The highest BCUT2D eigenvalue weighted by atomic mass is 32.2. The standard InChI is InChI=1S/C21H32N2O2S/c1-25-11-10-23(21(24)16-26-2)15-17-6-5-9-22(14-17)20-12-18-7-3-4-8-19(18)13-20/h3-4,7-8,17,20H,5-6,9-16H2,1-2H3/t17-/m1/s1. The Morgan fingerprint density at radius 1 is 1.31 bits per heavy atom. The number of methoxy groups -OCH3 is 1. The average Bonchev–Trinajstić information content (AvgIpc) is 3.10. The Balaban J connectivity index is 1.56. The second-order valence-electron chi connectivity index (χ2n) is 7.60. The number of piperidine rings is 1. The largest absolute Gasteiger partial charge is 0.383 e. The predicted octanol–water partition coefficient (Wildman–Crippen LogP) is 2.70. The Kier molecular flexibility index (Phi) is 7.41. The molecule has 4 nitrogen and oxygen atoms in total. The summed E-state index contributed by atoms with van der Waals surface area (Å²) < 4.78 is 5.22. The Labute approximate surface area is 162 Å². The van der Waals surface area contributed by atoms with Gasteiger partial charge in [-0.2, -0.15) is 11.8 Å². The molecule has 1 aromatic carbocycles. The van der Waals surface area contributed by atoms with E-state index in [9.17, 15) is 4.79 Å². The maximum atomic E-state index is 12.4. The molecule has 0 aromatic heterocycles. The lowest BCUT2D eigenvalue weighted by Gasteiger charge is -2.38. The van der Waals surface area contributed by atoms with Crippen LogP contribution in [0.15, 0.2) is 24.3 Å². The van der Waals surface area contributed by atoms with Crippen LogP contribution in [-0.2, 0) is 22.4 Å². The minimum atomic E-state index is 0.250. The van der Waals surface area contributed by atoms with Crippen molar-refractivity contribution in [3.8, 4) is 0 Å². The van der Waals surface area contributed by atoms with Gasteiger partial charge < -0.3 is 9.64 Å². The third-order valence-electron chi connectivity index (χ3n) is 5.76. The molecule has 0 N–H and O–H groups in total. The van der Waals surface area contributed by atoms with Gasteiger partial charge in [-0.05, 0) is 55.5 Å². The molecule has 1 aliphatic heterocycles. The molecule has 5 heteroatoms. The van der Waals surface area contributed by atoms with Crippen molar-refractivity contribution < 1.29 is 9.53 Å². The SMILES string of the molecule is COCCN(C[C@@H]1CCCN(C2Cc3ccccc3C2)C1)C(=O)CSC. The number of hydrogen-bond acceptors (Lipinski definition) is 4. The molecule has 1 amide bonds. The number of carbonyl (C=O) groups excluding carboxylic acids is 1. The lowest BCUT2D eigenvalue weighted by Crippen LogP contribution is -2.47. The molecule has 1 heterocycles. The zero-order valence-corrected chi connectivity index (χ0v) is 17.0. The van der Waals surface area contributed by atoms with Gasteiger partial charge in [-0.3, -0.25) is 9.69 Å². The van der Waals surface area contributed by atoms with E-state index in [0.29, 0.717) is 30.9 Å². The van der Waals surface area contributed by atoms with Crippen LogP contribution in [0.4, 0.5) is 0 Å². The number of rotatable bonds is 8. The van der Waals surface area contributed by atoms with E-state index < -0.39 is 0 Å². The first kappa shape index (κ1) is 19.7. The van der Waals surface area contributed by atoms with Gasteiger partial charge in [0, 0.05) is 32.8 Å². The number of nitrogens with zero attached hydrogens (tertiary/aromatic N) is 2. The van der Waals surface area contributed by atoms with Crippen LogP contribution >= 0.6 is 11.8 Å². The first-order valence-electron chi connectivity index (χ1n) is 9.77. The van der Waals surface area contributed by atoms with Gasteiger partial charge in [-0.1, -0.05) is 24.3 Å². The van der Waals surface area contributed by atoms with Crippen LogP contribution in [0.2, 0.25) is 0 Å². The van der Waals surface area contributed by atoms with E-state index in [-0.39, 0.29) is 5.91 Å². The highest BCUT2D eigenvalue weighted by molar-refractivity contribution is 7.99. The van der Waals surface area contributed by atoms with Crippen LogP contribution in [-0.4, -0.2) is 73.7 Å². The van der Waals surface area contributed by atoms with Crippen LogP contribution in [0.1, 0.15) is 24.0 Å². The predicted molar refractivity (Wildman–Crippen MR) is 109 cm³/mol. The molecule has 2 aliphatic rings. The minimum absolute atomic E-state index is 0.250. The van der Waals surface area contributed by atoms with E-state index in [1.165, 1.54) is 43.4 Å². The summed E-state index contributed by atoms with van der Waals surface area (Å²) in [5.41, 5.74) is 3.05. The smallest absolute Gasteiger partial charge is 0.232 e. The van der Waals surface area contributed by atoms with Crippen LogP contribution < -0.4 is 0 Å². The molecule has 1 aliphatic carbocycles. The fourth-order valence-electron chi connectivity index (χ4n) is 4.42. The molecule has 0 bridgehead atoms. The Morgan fingerprint density at radius 3 is 2.69 bits per heavy atom. The molecule has 0 saturated carbocycles.